The fraction of sp³-hybridized carbons (Fsp3) is 0.200. The summed E-state index contributed by atoms with van der Waals surface area (Å²) in [6, 6.07) is 14.1. The maximum atomic E-state index is 13.0. The molecule has 5 heteroatoms. The highest BCUT2D eigenvalue weighted by Gasteiger charge is 2.30. The van der Waals surface area contributed by atoms with Gasteiger partial charge in [-0.1, -0.05) is 38.1 Å². The van der Waals surface area contributed by atoms with Crippen LogP contribution in [0, 0.1) is 5.82 Å². The molecule has 3 nitrogen and oxygen atoms in total. The Morgan fingerprint density at radius 1 is 1.08 bits per heavy atom. The molecule has 1 aliphatic heterocycles. The van der Waals surface area contributed by atoms with E-state index in [1.807, 2.05) is 18.2 Å². The van der Waals surface area contributed by atoms with E-state index >= 15 is 0 Å². The first kappa shape index (κ1) is 17.4. The Morgan fingerprint density at radius 3 is 2.32 bits per heavy atom. The Hall–Kier alpha value is -2.40. The minimum atomic E-state index is -0.308. The molecular formula is C20H19FN2OS. The first-order valence-electron chi connectivity index (χ1n) is 8.06. The van der Waals surface area contributed by atoms with E-state index in [1.54, 1.807) is 19.2 Å². The Labute approximate surface area is 151 Å². The standard InChI is InChI=1S/C20H19FN2OS/c1-13(2)15-6-4-14(5-7-15)12-18-19(24)23(3)20(25-18)22-17-10-8-16(21)9-11-17/h4-13H,1-3H3/b18-12+,22-20?. The van der Waals surface area contributed by atoms with Crippen LogP contribution in [0.15, 0.2) is 58.4 Å². The summed E-state index contributed by atoms with van der Waals surface area (Å²) in [6.45, 7) is 4.30. The van der Waals surface area contributed by atoms with Crippen molar-refractivity contribution in [2.45, 2.75) is 19.8 Å². The molecule has 3 rings (SSSR count). The van der Waals surface area contributed by atoms with Gasteiger partial charge in [0.15, 0.2) is 5.17 Å². The van der Waals surface area contributed by atoms with E-state index in [2.05, 4.69) is 31.0 Å². The first-order chi connectivity index (χ1) is 11.9. The maximum absolute atomic E-state index is 13.0. The number of amidine groups is 1. The van der Waals surface area contributed by atoms with Crippen LogP contribution >= 0.6 is 11.8 Å². The summed E-state index contributed by atoms with van der Waals surface area (Å²) in [5.74, 6) is 0.0847. The van der Waals surface area contributed by atoms with Crippen molar-refractivity contribution in [3.05, 3.63) is 70.4 Å². The molecule has 0 radical (unpaired) electrons. The normalized spacial score (nSPS) is 18.0. The second-order valence-corrected chi connectivity index (χ2v) is 7.18. The molecule has 0 N–H and O–H groups in total. The second-order valence-electron chi connectivity index (χ2n) is 6.17. The third-order valence-electron chi connectivity index (χ3n) is 3.96. The fourth-order valence-corrected chi connectivity index (χ4v) is 3.39. The van der Waals surface area contributed by atoms with E-state index in [0.717, 1.165) is 5.56 Å². The zero-order valence-electron chi connectivity index (χ0n) is 14.4. The van der Waals surface area contributed by atoms with Crippen LogP contribution < -0.4 is 0 Å². The van der Waals surface area contributed by atoms with Crippen LogP contribution in [0.4, 0.5) is 10.1 Å². The predicted octanol–water partition coefficient (Wildman–Crippen LogP) is 5.18. The van der Waals surface area contributed by atoms with Crippen molar-refractivity contribution in [3.8, 4) is 0 Å². The van der Waals surface area contributed by atoms with E-state index < -0.39 is 0 Å². The van der Waals surface area contributed by atoms with Gasteiger partial charge in [0, 0.05) is 7.05 Å². The number of rotatable bonds is 3. The molecule has 2 aromatic rings. The van der Waals surface area contributed by atoms with Crippen LogP contribution in [-0.2, 0) is 4.79 Å². The molecular weight excluding hydrogens is 335 g/mol. The largest absolute Gasteiger partial charge is 0.290 e. The van der Waals surface area contributed by atoms with Crippen molar-refractivity contribution in [2.24, 2.45) is 4.99 Å². The quantitative estimate of drug-likeness (QED) is 0.711. The minimum Gasteiger partial charge on any atom is -0.290 e. The molecule has 0 atom stereocenters. The molecule has 1 amide bonds. The third kappa shape index (κ3) is 3.99. The number of carbonyl (C=O) groups excluding carboxylic acids is 1. The van der Waals surface area contributed by atoms with Crippen LogP contribution in [0.1, 0.15) is 30.9 Å². The Balaban J connectivity index is 1.84. The number of benzene rings is 2. The lowest BCUT2D eigenvalue weighted by Gasteiger charge is -2.07. The van der Waals surface area contributed by atoms with Gasteiger partial charge >= 0.3 is 0 Å². The van der Waals surface area contributed by atoms with Crippen molar-refractivity contribution in [1.29, 1.82) is 0 Å². The van der Waals surface area contributed by atoms with Crippen LogP contribution in [-0.4, -0.2) is 23.0 Å². The number of nitrogens with zero attached hydrogens (tertiary/aromatic N) is 2. The molecule has 0 spiro atoms. The van der Waals surface area contributed by atoms with E-state index in [1.165, 1.54) is 34.4 Å². The lowest BCUT2D eigenvalue weighted by Crippen LogP contribution is -2.23. The zero-order valence-corrected chi connectivity index (χ0v) is 15.2. The summed E-state index contributed by atoms with van der Waals surface area (Å²) in [5, 5.41) is 0.585. The molecule has 1 heterocycles. The van der Waals surface area contributed by atoms with Gasteiger partial charge in [-0.05, 0) is 59.1 Å². The van der Waals surface area contributed by atoms with Gasteiger partial charge in [-0.3, -0.25) is 9.69 Å². The molecule has 2 aromatic carbocycles. The van der Waals surface area contributed by atoms with Crippen molar-refractivity contribution in [2.75, 3.05) is 7.05 Å². The van der Waals surface area contributed by atoms with Gasteiger partial charge in [-0.25, -0.2) is 9.38 Å². The molecule has 128 valence electrons. The summed E-state index contributed by atoms with van der Waals surface area (Å²) in [5.41, 5.74) is 2.87. The number of aliphatic imine (C=N–C) groups is 1. The number of thioether (sulfide) groups is 1. The molecule has 0 saturated carbocycles. The first-order valence-corrected chi connectivity index (χ1v) is 8.87. The molecule has 1 fully saturated rings. The highest BCUT2D eigenvalue weighted by molar-refractivity contribution is 8.18. The third-order valence-corrected chi connectivity index (χ3v) is 5.02. The van der Waals surface area contributed by atoms with Crippen molar-refractivity contribution in [1.82, 2.24) is 4.90 Å². The number of likely N-dealkylation sites (N-methyl/N-ethyl adjacent to an activating group) is 1. The highest BCUT2D eigenvalue weighted by Crippen LogP contribution is 2.33. The van der Waals surface area contributed by atoms with Gasteiger partial charge in [0.1, 0.15) is 5.82 Å². The van der Waals surface area contributed by atoms with Gasteiger partial charge in [0.25, 0.3) is 5.91 Å². The van der Waals surface area contributed by atoms with Crippen LogP contribution in [0.25, 0.3) is 6.08 Å². The zero-order chi connectivity index (χ0) is 18.0. The average molecular weight is 354 g/mol. The molecule has 0 aliphatic carbocycles. The van der Waals surface area contributed by atoms with Gasteiger partial charge in [0.05, 0.1) is 10.6 Å². The smallest absolute Gasteiger partial charge is 0.266 e. The van der Waals surface area contributed by atoms with Gasteiger partial charge in [-0.15, -0.1) is 0 Å². The summed E-state index contributed by atoms with van der Waals surface area (Å²) >= 11 is 1.32. The number of hydrogen-bond acceptors (Lipinski definition) is 3. The molecule has 1 saturated heterocycles. The Kier molecular flexibility index (Phi) is 5.04. The van der Waals surface area contributed by atoms with Crippen molar-refractivity contribution in [3.63, 3.8) is 0 Å². The Bertz CT molecular complexity index is 839. The van der Waals surface area contributed by atoms with Crippen LogP contribution in [0.3, 0.4) is 0 Å². The highest BCUT2D eigenvalue weighted by atomic mass is 32.2. The van der Waals surface area contributed by atoms with E-state index in [4.69, 9.17) is 0 Å². The topological polar surface area (TPSA) is 32.7 Å². The van der Waals surface area contributed by atoms with E-state index in [0.29, 0.717) is 21.7 Å². The van der Waals surface area contributed by atoms with Crippen LogP contribution in [0.5, 0.6) is 0 Å². The lowest BCUT2D eigenvalue weighted by molar-refractivity contribution is -0.121. The fourth-order valence-electron chi connectivity index (χ4n) is 2.41. The van der Waals surface area contributed by atoms with Gasteiger partial charge < -0.3 is 0 Å². The van der Waals surface area contributed by atoms with Crippen molar-refractivity contribution < 1.29 is 9.18 Å². The molecule has 0 unspecified atom stereocenters. The summed E-state index contributed by atoms with van der Waals surface area (Å²) in [4.78, 5) is 19.0. The van der Waals surface area contributed by atoms with E-state index in [-0.39, 0.29) is 11.7 Å². The number of hydrogen-bond donors (Lipinski definition) is 0. The predicted molar refractivity (Wildman–Crippen MR) is 102 cm³/mol. The summed E-state index contributed by atoms with van der Waals surface area (Å²) < 4.78 is 13.0. The summed E-state index contributed by atoms with van der Waals surface area (Å²) in [6.07, 6.45) is 1.88. The van der Waals surface area contributed by atoms with E-state index in [9.17, 15) is 9.18 Å². The van der Waals surface area contributed by atoms with Crippen LogP contribution in [0.2, 0.25) is 0 Å². The Morgan fingerprint density at radius 2 is 1.72 bits per heavy atom. The minimum absolute atomic E-state index is 0.0844. The molecule has 1 aliphatic rings. The van der Waals surface area contributed by atoms with Gasteiger partial charge in [0.2, 0.25) is 0 Å². The SMILES string of the molecule is CC(C)c1ccc(/C=C2/SC(=Nc3ccc(F)cc3)N(C)C2=O)cc1. The molecule has 25 heavy (non-hydrogen) atoms. The molecule has 0 aromatic heterocycles. The maximum Gasteiger partial charge on any atom is 0.266 e. The number of amides is 1. The van der Waals surface area contributed by atoms with Crippen molar-refractivity contribution >= 4 is 34.6 Å². The molecule has 0 bridgehead atoms. The lowest BCUT2D eigenvalue weighted by atomic mass is 10.0. The average Bonchev–Trinajstić information content (AvgIpc) is 2.85. The number of halogens is 1. The summed E-state index contributed by atoms with van der Waals surface area (Å²) in [7, 11) is 1.69. The second kappa shape index (κ2) is 7.23. The van der Waals surface area contributed by atoms with Gasteiger partial charge in [-0.2, -0.15) is 0 Å². The monoisotopic (exact) mass is 354 g/mol. The number of carbonyl (C=O) groups is 1.